The third kappa shape index (κ3) is 3.61. The minimum Gasteiger partial charge on any atom is -0.493 e. The van der Waals surface area contributed by atoms with E-state index in [1.54, 1.807) is 21.3 Å². The molecule has 1 fully saturated rings. The van der Waals surface area contributed by atoms with E-state index in [1.807, 2.05) is 47.4 Å². The average molecular weight is 406 g/mol. The summed E-state index contributed by atoms with van der Waals surface area (Å²) in [4.78, 5) is 17.4. The fourth-order valence-corrected chi connectivity index (χ4v) is 4.00. The van der Waals surface area contributed by atoms with Crippen LogP contribution in [0.4, 0.5) is 5.69 Å². The van der Waals surface area contributed by atoms with E-state index in [9.17, 15) is 4.79 Å². The summed E-state index contributed by atoms with van der Waals surface area (Å²) in [5, 5.41) is 1.75. The zero-order valence-electron chi connectivity index (χ0n) is 17.6. The number of anilines is 1. The molecule has 3 aromatic carbocycles. The predicted octanol–water partition coefficient (Wildman–Crippen LogP) is 3.83. The lowest BCUT2D eigenvalue weighted by molar-refractivity contribution is 0.0747. The van der Waals surface area contributed by atoms with Gasteiger partial charge >= 0.3 is 0 Å². The predicted molar refractivity (Wildman–Crippen MR) is 118 cm³/mol. The highest BCUT2D eigenvalue weighted by molar-refractivity contribution is 6.01. The summed E-state index contributed by atoms with van der Waals surface area (Å²) in [6.45, 7) is 3.03. The van der Waals surface area contributed by atoms with E-state index in [1.165, 1.54) is 5.69 Å². The maximum absolute atomic E-state index is 13.1. The monoisotopic (exact) mass is 406 g/mol. The van der Waals surface area contributed by atoms with Crippen LogP contribution in [0.3, 0.4) is 0 Å². The third-order valence-electron chi connectivity index (χ3n) is 5.58. The second kappa shape index (κ2) is 8.53. The number of carbonyl (C=O) groups is 1. The first-order chi connectivity index (χ1) is 14.7. The number of carbonyl (C=O) groups excluding carboxylic acids is 1. The molecule has 0 saturated carbocycles. The van der Waals surface area contributed by atoms with Gasteiger partial charge in [-0.15, -0.1) is 0 Å². The molecule has 3 aromatic rings. The topological polar surface area (TPSA) is 51.2 Å². The molecule has 4 rings (SSSR count). The molecule has 30 heavy (non-hydrogen) atoms. The van der Waals surface area contributed by atoms with Gasteiger partial charge in [0.2, 0.25) is 5.75 Å². The molecule has 0 radical (unpaired) electrons. The van der Waals surface area contributed by atoms with Crippen LogP contribution < -0.4 is 19.1 Å². The Morgan fingerprint density at radius 2 is 1.50 bits per heavy atom. The highest BCUT2D eigenvalue weighted by Gasteiger charge is 2.23. The Hall–Kier alpha value is -3.41. The van der Waals surface area contributed by atoms with Gasteiger partial charge in [0.05, 0.1) is 21.3 Å². The lowest BCUT2D eigenvalue weighted by Crippen LogP contribution is -2.48. The molecule has 1 saturated heterocycles. The Kier molecular flexibility index (Phi) is 5.65. The van der Waals surface area contributed by atoms with Crippen molar-refractivity contribution in [2.45, 2.75) is 0 Å². The second-order valence-electron chi connectivity index (χ2n) is 7.20. The van der Waals surface area contributed by atoms with Crippen molar-refractivity contribution in [1.82, 2.24) is 4.90 Å². The van der Waals surface area contributed by atoms with Crippen LogP contribution >= 0.6 is 0 Å². The van der Waals surface area contributed by atoms with Crippen LogP contribution in [0.5, 0.6) is 17.2 Å². The van der Waals surface area contributed by atoms with E-state index in [2.05, 4.69) is 17.0 Å². The summed E-state index contributed by atoms with van der Waals surface area (Å²) in [7, 11) is 4.77. The molecule has 0 unspecified atom stereocenters. The highest BCUT2D eigenvalue weighted by atomic mass is 16.5. The Labute approximate surface area is 176 Å². The van der Waals surface area contributed by atoms with Crippen LogP contribution in [0, 0.1) is 0 Å². The highest BCUT2D eigenvalue weighted by Crippen LogP contribution is 2.43. The SMILES string of the molecule is COc1cc2cc(C(=O)N3CCN(c4ccccc4)CC3)ccc2c(OC)c1OC. The molecule has 0 spiro atoms. The number of nitrogens with zero attached hydrogens (tertiary/aromatic N) is 2. The Bertz CT molecular complexity index is 1040. The van der Waals surface area contributed by atoms with Crippen molar-refractivity contribution < 1.29 is 19.0 Å². The van der Waals surface area contributed by atoms with Crippen molar-refractivity contribution in [3.05, 3.63) is 60.2 Å². The van der Waals surface area contributed by atoms with Crippen LogP contribution in [-0.4, -0.2) is 58.3 Å². The van der Waals surface area contributed by atoms with Gasteiger partial charge in [-0.1, -0.05) is 18.2 Å². The van der Waals surface area contributed by atoms with Gasteiger partial charge in [-0.05, 0) is 41.8 Å². The molecule has 6 nitrogen and oxygen atoms in total. The van der Waals surface area contributed by atoms with E-state index in [4.69, 9.17) is 14.2 Å². The quantitative estimate of drug-likeness (QED) is 0.645. The summed E-state index contributed by atoms with van der Waals surface area (Å²) in [6, 6.07) is 17.8. The smallest absolute Gasteiger partial charge is 0.253 e. The molecular formula is C24H26N2O4. The van der Waals surface area contributed by atoms with E-state index < -0.39 is 0 Å². The minimum absolute atomic E-state index is 0.0402. The molecule has 1 aliphatic rings. The van der Waals surface area contributed by atoms with Gasteiger partial charge in [0.15, 0.2) is 11.5 Å². The summed E-state index contributed by atoms with van der Waals surface area (Å²) in [5.74, 6) is 1.76. The molecule has 0 bridgehead atoms. The number of methoxy groups -OCH3 is 3. The number of rotatable bonds is 5. The van der Waals surface area contributed by atoms with Crippen molar-refractivity contribution in [3.8, 4) is 17.2 Å². The standard InChI is InChI=1S/C24H26N2O4/c1-28-21-16-18-15-17(9-10-20(18)22(29-2)23(21)30-3)24(27)26-13-11-25(12-14-26)19-7-5-4-6-8-19/h4-10,15-16H,11-14H2,1-3H3. The summed E-state index contributed by atoms with van der Waals surface area (Å²) >= 11 is 0. The first-order valence-corrected chi connectivity index (χ1v) is 9.98. The first kappa shape index (κ1) is 19.9. The maximum atomic E-state index is 13.1. The number of hydrogen-bond donors (Lipinski definition) is 0. The zero-order valence-corrected chi connectivity index (χ0v) is 17.6. The fourth-order valence-electron chi connectivity index (χ4n) is 4.00. The summed E-state index contributed by atoms with van der Waals surface area (Å²) in [6.07, 6.45) is 0. The van der Waals surface area contributed by atoms with Crippen molar-refractivity contribution in [1.29, 1.82) is 0 Å². The van der Waals surface area contributed by atoms with E-state index >= 15 is 0 Å². The van der Waals surface area contributed by atoms with Crippen LogP contribution in [-0.2, 0) is 0 Å². The largest absolute Gasteiger partial charge is 0.493 e. The number of amides is 1. The summed E-state index contributed by atoms with van der Waals surface area (Å²) in [5.41, 5.74) is 1.85. The molecule has 1 aliphatic heterocycles. The van der Waals surface area contributed by atoms with Gasteiger partial charge < -0.3 is 24.0 Å². The van der Waals surface area contributed by atoms with E-state index in [0.29, 0.717) is 35.9 Å². The Balaban J connectivity index is 1.57. The van der Waals surface area contributed by atoms with Crippen molar-refractivity contribution in [2.24, 2.45) is 0 Å². The molecule has 156 valence electrons. The molecule has 6 heteroatoms. The van der Waals surface area contributed by atoms with E-state index in [0.717, 1.165) is 23.9 Å². The zero-order chi connectivity index (χ0) is 21.1. The van der Waals surface area contributed by atoms with Crippen LogP contribution in [0.25, 0.3) is 10.8 Å². The van der Waals surface area contributed by atoms with Crippen LogP contribution in [0.15, 0.2) is 54.6 Å². The van der Waals surface area contributed by atoms with Crippen LogP contribution in [0.1, 0.15) is 10.4 Å². The molecule has 0 atom stereocenters. The number of ether oxygens (including phenoxy) is 3. The normalized spacial score (nSPS) is 14.0. The summed E-state index contributed by atoms with van der Waals surface area (Å²) < 4.78 is 16.5. The van der Waals surface area contributed by atoms with E-state index in [-0.39, 0.29) is 5.91 Å². The molecule has 0 N–H and O–H groups in total. The first-order valence-electron chi connectivity index (χ1n) is 9.98. The lowest BCUT2D eigenvalue weighted by Gasteiger charge is -2.36. The Morgan fingerprint density at radius 3 is 2.13 bits per heavy atom. The molecule has 0 aliphatic carbocycles. The number of hydrogen-bond acceptors (Lipinski definition) is 5. The Morgan fingerprint density at radius 1 is 0.800 bits per heavy atom. The van der Waals surface area contributed by atoms with Crippen molar-refractivity contribution in [3.63, 3.8) is 0 Å². The van der Waals surface area contributed by atoms with Crippen LogP contribution in [0.2, 0.25) is 0 Å². The van der Waals surface area contributed by atoms with Gasteiger partial charge in [0.25, 0.3) is 5.91 Å². The molecule has 1 amide bonds. The van der Waals surface area contributed by atoms with Crippen molar-refractivity contribution in [2.75, 3.05) is 52.4 Å². The van der Waals surface area contributed by atoms with Gasteiger partial charge in [0, 0.05) is 42.8 Å². The number of fused-ring (bicyclic) bond motifs is 1. The number of piperazine rings is 1. The number of benzene rings is 3. The van der Waals surface area contributed by atoms with Gasteiger partial charge in [0.1, 0.15) is 0 Å². The maximum Gasteiger partial charge on any atom is 0.253 e. The fraction of sp³-hybridized carbons (Fsp3) is 0.292. The van der Waals surface area contributed by atoms with Crippen molar-refractivity contribution >= 4 is 22.4 Å². The van der Waals surface area contributed by atoms with Gasteiger partial charge in [-0.2, -0.15) is 0 Å². The van der Waals surface area contributed by atoms with Gasteiger partial charge in [-0.3, -0.25) is 4.79 Å². The third-order valence-corrected chi connectivity index (χ3v) is 5.58. The minimum atomic E-state index is 0.0402. The number of para-hydroxylation sites is 1. The molecule has 1 heterocycles. The molecular weight excluding hydrogens is 380 g/mol. The van der Waals surface area contributed by atoms with Gasteiger partial charge in [-0.25, -0.2) is 0 Å². The molecule has 0 aromatic heterocycles. The lowest BCUT2D eigenvalue weighted by atomic mass is 10.0. The average Bonchev–Trinajstić information content (AvgIpc) is 2.82. The second-order valence-corrected chi connectivity index (χ2v) is 7.20.